The number of aliphatic hydroxyl groups is 1. The van der Waals surface area contributed by atoms with Crippen molar-refractivity contribution in [2.45, 2.75) is 59.1 Å². The number of rotatable bonds is 12. The molecule has 6 nitrogen and oxygen atoms in total. The summed E-state index contributed by atoms with van der Waals surface area (Å²) in [6.45, 7) is 10.7. The molecule has 1 aromatic heterocycles. The quantitative estimate of drug-likeness (QED) is 0.378. The number of hydrogen-bond acceptors (Lipinski definition) is 5. The fraction of sp³-hybridized carbons (Fsp3) is 0.444. The minimum absolute atomic E-state index is 0.220. The topological polar surface area (TPSA) is 59.8 Å². The standard InChI is InChI=1S/C27H37N3O3/c1-6-17-29(18-22(31)7-2)19-25-26(20(3)4)28-30(21-13-15-23(32-5)16-14-21)27(25)33-24-11-9-8-10-12-24/h8-16,20,22,31H,6-7,17-19H2,1-5H3/t22-/m1/s1. The second-order valence-corrected chi connectivity index (χ2v) is 8.65. The van der Waals surface area contributed by atoms with Crippen molar-refractivity contribution < 1.29 is 14.6 Å². The lowest BCUT2D eigenvalue weighted by Gasteiger charge is -2.25. The molecule has 2 aromatic carbocycles. The molecule has 0 amide bonds. The second kappa shape index (κ2) is 11.9. The van der Waals surface area contributed by atoms with E-state index in [1.807, 2.05) is 66.2 Å². The lowest BCUT2D eigenvalue weighted by molar-refractivity contribution is 0.105. The molecule has 1 heterocycles. The van der Waals surface area contributed by atoms with Crippen molar-refractivity contribution in [3.05, 3.63) is 65.9 Å². The van der Waals surface area contributed by atoms with E-state index < -0.39 is 0 Å². The molecule has 0 aliphatic carbocycles. The van der Waals surface area contributed by atoms with Gasteiger partial charge in [0.25, 0.3) is 0 Å². The second-order valence-electron chi connectivity index (χ2n) is 8.65. The third kappa shape index (κ3) is 6.36. The van der Waals surface area contributed by atoms with Crippen LogP contribution in [-0.4, -0.2) is 46.1 Å². The predicted molar refractivity (Wildman–Crippen MR) is 133 cm³/mol. The predicted octanol–water partition coefficient (Wildman–Crippen LogP) is 5.78. The van der Waals surface area contributed by atoms with Crippen molar-refractivity contribution in [3.8, 4) is 23.1 Å². The van der Waals surface area contributed by atoms with Gasteiger partial charge in [-0.3, -0.25) is 4.90 Å². The van der Waals surface area contributed by atoms with Gasteiger partial charge in [0.05, 0.1) is 30.2 Å². The van der Waals surface area contributed by atoms with Crippen LogP contribution < -0.4 is 9.47 Å². The number of aliphatic hydroxyl groups excluding tert-OH is 1. The zero-order valence-electron chi connectivity index (χ0n) is 20.5. The molecule has 178 valence electrons. The first-order valence-corrected chi connectivity index (χ1v) is 11.9. The van der Waals surface area contributed by atoms with E-state index in [0.29, 0.717) is 19.0 Å². The summed E-state index contributed by atoms with van der Waals surface area (Å²) in [5.74, 6) is 2.49. The number of hydrogen-bond donors (Lipinski definition) is 1. The molecule has 6 heteroatoms. The lowest BCUT2D eigenvalue weighted by atomic mass is 10.0. The summed E-state index contributed by atoms with van der Waals surface area (Å²) in [7, 11) is 1.66. The molecule has 3 rings (SSSR count). The van der Waals surface area contributed by atoms with Gasteiger partial charge in [0.1, 0.15) is 11.5 Å². The molecular formula is C27H37N3O3. The number of benzene rings is 2. The van der Waals surface area contributed by atoms with E-state index in [9.17, 15) is 5.11 Å². The molecule has 0 spiro atoms. The zero-order chi connectivity index (χ0) is 23.8. The van der Waals surface area contributed by atoms with Crippen LogP contribution in [0.25, 0.3) is 5.69 Å². The Morgan fingerprint density at radius 2 is 1.70 bits per heavy atom. The van der Waals surface area contributed by atoms with Gasteiger partial charge in [0.2, 0.25) is 5.88 Å². The number of para-hydroxylation sites is 1. The first-order chi connectivity index (χ1) is 16.0. The molecular weight excluding hydrogens is 414 g/mol. The maximum Gasteiger partial charge on any atom is 0.227 e. The van der Waals surface area contributed by atoms with Crippen molar-refractivity contribution >= 4 is 0 Å². The van der Waals surface area contributed by atoms with Crippen molar-refractivity contribution in [3.63, 3.8) is 0 Å². The highest BCUT2D eigenvalue weighted by Gasteiger charge is 2.25. The summed E-state index contributed by atoms with van der Waals surface area (Å²) in [5.41, 5.74) is 2.97. The highest BCUT2D eigenvalue weighted by Crippen LogP contribution is 2.35. The normalized spacial score (nSPS) is 12.4. The van der Waals surface area contributed by atoms with Gasteiger partial charge in [-0.05, 0) is 61.7 Å². The molecule has 0 aliphatic heterocycles. The number of ether oxygens (including phenoxy) is 2. The van der Waals surface area contributed by atoms with Gasteiger partial charge in [0.15, 0.2) is 0 Å². The Balaban J connectivity index is 2.10. The van der Waals surface area contributed by atoms with Crippen LogP contribution in [0.4, 0.5) is 0 Å². The van der Waals surface area contributed by atoms with E-state index in [2.05, 4.69) is 25.7 Å². The van der Waals surface area contributed by atoms with Gasteiger partial charge in [-0.15, -0.1) is 0 Å². The van der Waals surface area contributed by atoms with Gasteiger partial charge in [-0.1, -0.05) is 45.9 Å². The average Bonchev–Trinajstić information content (AvgIpc) is 3.17. The van der Waals surface area contributed by atoms with Crippen LogP contribution in [0, 0.1) is 0 Å². The Labute approximate surface area is 197 Å². The molecule has 0 saturated heterocycles. The van der Waals surface area contributed by atoms with Crippen LogP contribution >= 0.6 is 0 Å². The largest absolute Gasteiger partial charge is 0.497 e. The third-order valence-corrected chi connectivity index (χ3v) is 5.65. The molecule has 0 radical (unpaired) electrons. The minimum Gasteiger partial charge on any atom is -0.497 e. The van der Waals surface area contributed by atoms with Gasteiger partial charge >= 0.3 is 0 Å². The Morgan fingerprint density at radius 3 is 2.27 bits per heavy atom. The molecule has 0 bridgehead atoms. The van der Waals surface area contributed by atoms with Crippen LogP contribution in [0.1, 0.15) is 57.7 Å². The summed E-state index contributed by atoms with van der Waals surface area (Å²) in [6, 6.07) is 17.6. The third-order valence-electron chi connectivity index (χ3n) is 5.65. The SMILES string of the molecule is CCCN(Cc1c(C(C)C)nn(-c2ccc(OC)cc2)c1Oc1ccccc1)C[C@H](O)CC. The molecule has 0 aliphatic rings. The first kappa shape index (κ1) is 24.8. The average molecular weight is 452 g/mol. The summed E-state index contributed by atoms with van der Waals surface area (Å²) in [4.78, 5) is 2.30. The van der Waals surface area contributed by atoms with Crippen LogP contribution in [0.5, 0.6) is 17.4 Å². The van der Waals surface area contributed by atoms with E-state index in [1.165, 1.54) is 0 Å². The highest BCUT2D eigenvalue weighted by atomic mass is 16.5. The Kier molecular flexibility index (Phi) is 8.92. The zero-order valence-corrected chi connectivity index (χ0v) is 20.5. The van der Waals surface area contributed by atoms with Gasteiger partial charge in [0, 0.05) is 13.1 Å². The van der Waals surface area contributed by atoms with Crippen LogP contribution in [0.15, 0.2) is 54.6 Å². The van der Waals surface area contributed by atoms with E-state index in [1.54, 1.807) is 7.11 Å². The molecule has 33 heavy (non-hydrogen) atoms. The van der Waals surface area contributed by atoms with Crippen molar-refractivity contribution in [1.29, 1.82) is 0 Å². The molecule has 0 unspecified atom stereocenters. The van der Waals surface area contributed by atoms with Gasteiger partial charge in [-0.25, -0.2) is 4.68 Å². The van der Waals surface area contributed by atoms with E-state index in [0.717, 1.165) is 47.8 Å². The Morgan fingerprint density at radius 1 is 1.00 bits per heavy atom. The monoisotopic (exact) mass is 451 g/mol. The van der Waals surface area contributed by atoms with Gasteiger partial charge in [-0.2, -0.15) is 5.10 Å². The molecule has 3 aromatic rings. The number of aromatic nitrogens is 2. The van der Waals surface area contributed by atoms with Crippen molar-refractivity contribution in [2.24, 2.45) is 0 Å². The first-order valence-electron chi connectivity index (χ1n) is 11.9. The van der Waals surface area contributed by atoms with Gasteiger partial charge < -0.3 is 14.6 Å². The lowest BCUT2D eigenvalue weighted by Crippen LogP contribution is -2.32. The minimum atomic E-state index is -0.353. The summed E-state index contributed by atoms with van der Waals surface area (Å²) < 4.78 is 13.7. The van der Waals surface area contributed by atoms with E-state index >= 15 is 0 Å². The van der Waals surface area contributed by atoms with E-state index in [-0.39, 0.29) is 12.0 Å². The van der Waals surface area contributed by atoms with Crippen molar-refractivity contribution in [1.82, 2.24) is 14.7 Å². The summed E-state index contributed by atoms with van der Waals surface area (Å²) >= 11 is 0. The molecule has 0 saturated carbocycles. The molecule has 1 atom stereocenters. The molecule has 0 fully saturated rings. The van der Waals surface area contributed by atoms with Crippen molar-refractivity contribution in [2.75, 3.05) is 20.2 Å². The van der Waals surface area contributed by atoms with Crippen LogP contribution in [0.2, 0.25) is 0 Å². The fourth-order valence-electron chi connectivity index (χ4n) is 3.87. The maximum absolute atomic E-state index is 10.3. The highest BCUT2D eigenvalue weighted by molar-refractivity contribution is 5.46. The Bertz CT molecular complexity index is 984. The summed E-state index contributed by atoms with van der Waals surface area (Å²) in [5, 5.41) is 15.3. The van der Waals surface area contributed by atoms with Crippen LogP contribution in [0.3, 0.4) is 0 Å². The maximum atomic E-state index is 10.3. The number of nitrogens with zero attached hydrogens (tertiary/aromatic N) is 3. The fourth-order valence-corrected chi connectivity index (χ4v) is 3.87. The Hall–Kier alpha value is -2.83. The van der Waals surface area contributed by atoms with Crippen LogP contribution in [-0.2, 0) is 6.54 Å². The smallest absolute Gasteiger partial charge is 0.227 e. The summed E-state index contributed by atoms with van der Waals surface area (Å²) in [6.07, 6.45) is 1.39. The number of methoxy groups -OCH3 is 1. The molecule has 1 N–H and O–H groups in total. The van der Waals surface area contributed by atoms with E-state index in [4.69, 9.17) is 14.6 Å².